The van der Waals surface area contributed by atoms with E-state index in [1.165, 1.54) is 31.6 Å². The first kappa shape index (κ1) is 7.10. The van der Waals surface area contributed by atoms with Crippen molar-refractivity contribution in [3.63, 3.8) is 0 Å². The summed E-state index contributed by atoms with van der Waals surface area (Å²) in [7, 11) is 1.63. The molecule has 2 atom stereocenters. The monoisotopic (exact) mass is 154 g/mol. The van der Waals surface area contributed by atoms with Crippen molar-refractivity contribution in [3.05, 3.63) is 0 Å². The van der Waals surface area contributed by atoms with Gasteiger partial charge in [0, 0.05) is 19.0 Å². The quantitative estimate of drug-likeness (QED) is 0.520. The summed E-state index contributed by atoms with van der Waals surface area (Å²) < 4.78 is 0. The lowest BCUT2D eigenvalue weighted by Gasteiger charge is -2.19. The Morgan fingerprint density at radius 1 is 1.64 bits per heavy atom. The maximum absolute atomic E-state index is 4.80. The second kappa shape index (κ2) is 2.81. The number of fused-ring (bicyclic) bond motifs is 2. The van der Waals surface area contributed by atoms with Gasteiger partial charge in [-0.25, -0.2) is 0 Å². The summed E-state index contributed by atoms with van der Waals surface area (Å²) in [6.07, 6.45) is 2.63. The lowest BCUT2D eigenvalue weighted by atomic mass is 9.99. The molecule has 0 N–H and O–H groups in total. The second-order valence-corrected chi connectivity index (χ2v) is 3.34. The number of rotatable bonds is 1. The molecule has 3 heteroatoms. The van der Waals surface area contributed by atoms with Gasteiger partial charge in [0.2, 0.25) is 0 Å². The topological polar surface area (TPSA) is 24.8 Å². The first-order chi connectivity index (χ1) is 5.40. The molecule has 2 unspecified atom stereocenters. The molecular formula is C8H14N2O. The van der Waals surface area contributed by atoms with Crippen LogP contribution < -0.4 is 0 Å². The zero-order valence-electron chi connectivity index (χ0n) is 6.92. The summed E-state index contributed by atoms with van der Waals surface area (Å²) >= 11 is 0. The van der Waals surface area contributed by atoms with Gasteiger partial charge in [0.1, 0.15) is 7.11 Å². The Bertz CT molecular complexity index is 179. The molecule has 2 aliphatic rings. The molecule has 0 aromatic heterocycles. The molecule has 2 rings (SSSR count). The van der Waals surface area contributed by atoms with E-state index in [1.807, 2.05) is 0 Å². The van der Waals surface area contributed by atoms with Gasteiger partial charge in [-0.2, -0.15) is 0 Å². The molecule has 0 radical (unpaired) electrons. The fraction of sp³-hybridized carbons (Fsp3) is 0.875. The van der Waals surface area contributed by atoms with Gasteiger partial charge in [0.05, 0.1) is 5.71 Å². The summed E-state index contributed by atoms with van der Waals surface area (Å²) in [4.78, 5) is 7.25. The van der Waals surface area contributed by atoms with E-state index in [2.05, 4.69) is 10.1 Å². The molecule has 0 aliphatic carbocycles. The summed E-state index contributed by atoms with van der Waals surface area (Å²) in [5.41, 5.74) is 1.25. The first-order valence-corrected chi connectivity index (χ1v) is 4.22. The van der Waals surface area contributed by atoms with Gasteiger partial charge in [-0.3, -0.25) is 4.90 Å². The predicted octanol–water partition coefficient (Wildman–Crippen LogP) is 0.714. The number of hydrogen-bond donors (Lipinski definition) is 0. The third kappa shape index (κ3) is 1.25. The summed E-state index contributed by atoms with van der Waals surface area (Å²) in [6.45, 7) is 3.50. The minimum absolute atomic E-state index is 0.698. The van der Waals surface area contributed by atoms with Gasteiger partial charge in [0.25, 0.3) is 0 Å². The molecule has 0 spiro atoms. The van der Waals surface area contributed by atoms with Crippen LogP contribution in [-0.4, -0.2) is 37.4 Å². The van der Waals surface area contributed by atoms with Crippen molar-refractivity contribution < 1.29 is 4.84 Å². The molecule has 2 bridgehead atoms. The van der Waals surface area contributed by atoms with Crippen LogP contribution in [0.2, 0.25) is 0 Å². The van der Waals surface area contributed by atoms with Gasteiger partial charge < -0.3 is 4.84 Å². The zero-order valence-corrected chi connectivity index (χ0v) is 6.92. The van der Waals surface area contributed by atoms with Crippen molar-refractivity contribution in [2.24, 2.45) is 11.1 Å². The molecular weight excluding hydrogens is 140 g/mol. The van der Waals surface area contributed by atoms with Crippen LogP contribution in [0.4, 0.5) is 0 Å². The number of oxime groups is 1. The van der Waals surface area contributed by atoms with Crippen molar-refractivity contribution >= 4 is 5.71 Å². The van der Waals surface area contributed by atoms with E-state index in [9.17, 15) is 0 Å². The van der Waals surface area contributed by atoms with Crippen LogP contribution in [0.25, 0.3) is 0 Å². The lowest BCUT2D eigenvalue weighted by molar-refractivity contribution is 0.211. The Balaban J connectivity index is 2.08. The van der Waals surface area contributed by atoms with Crippen LogP contribution >= 0.6 is 0 Å². The summed E-state index contributed by atoms with van der Waals surface area (Å²) in [6, 6.07) is 0. The van der Waals surface area contributed by atoms with E-state index in [4.69, 9.17) is 4.84 Å². The van der Waals surface area contributed by atoms with Crippen molar-refractivity contribution in [2.45, 2.75) is 12.8 Å². The molecule has 0 amide bonds. The van der Waals surface area contributed by atoms with Gasteiger partial charge in [-0.15, -0.1) is 0 Å². The molecule has 0 saturated carbocycles. The molecule has 2 heterocycles. The van der Waals surface area contributed by atoms with Crippen LogP contribution in [-0.2, 0) is 4.84 Å². The molecule has 2 aliphatic heterocycles. The lowest BCUT2D eigenvalue weighted by Crippen LogP contribution is -2.25. The largest absolute Gasteiger partial charge is 0.399 e. The Morgan fingerprint density at radius 3 is 3.27 bits per heavy atom. The fourth-order valence-corrected chi connectivity index (χ4v) is 2.05. The Hall–Kier alpha value is -0.570. The number of hydrogen-bond acceptors (Lipinski definition) is 3. The normalized spacial score (nSPS) is 39.5. The maximum atomic E-state index is 4.80. The fourth-order valence-electron chi connectivity index (χ4n) is 2.05. The van der Waals surface area contributed by atoms with E-state index in [1.54, 1.807) is 7.11 Å². The van der Waals surface area contributed by atoms with Crippen molar-refractivity contribution in [3.8, 4) is 0 Å². The first-order valence-electron chi connectivity index (χ1n) is 4.22. The SMILES string of the molecule is CON=C1CN2CCCC1C2. The highest BCUT2D eigenvalue weighted by molar-refractivity contribution is 5.90. The molecule has 62 valence electrons. The summed E-state index contributed by atoms with van der Waals surface area (Å²) in [5.74, 6) is 0.698. The Morgan fingerprint density at radius 2 is 2.55 bits per heavy atom. The Labute approximate surface area is 67.0 Å². The van der Waals surface area contributed by atoms with Crippen LogP contribution in [0.5, 0.6) is 0 Å². The Kier molecular flexibility index (Phi) is 1.82. The van der Waals surface area contributed by atoms with E-state index in [0.29, 0.717) is 5.92 Å². The van der Waals surface area contributed by atoms with Gasteiger partial charge >= 0.3 is 0 Å². The average molecular weight is 154 g/mol. The molecule has 2 saturated heterocycles. The third-order valence-corrected chi connectivity index (χ3v) is 2.57. The molecule has 0 aromatic carbocycles. The van der Waals surface area contributed by atoms with Crippen molar-refractivity contribution in [2.75, 3.05) is 26.7 Å². The maximum Gasteiger partial charge on any atom is 0.106 e. The highest BCUT2D eigenvalue weighted by atomic mass is 16.6. The predicted molar refractivity (Wildman–Crippen MR) is 43.6 cm³/mol. The zero-order chi connectivity index (χ0) is 7.68. The van der Waals surface area contributed by atoms with Crippen LogP contribution in [0.1, 0.15) is 12.8 Å². The smallest absolute Gasteiger partial charge is 0.106 e. The van der Waals surface area contributed by atoms with E-state index >= 15 is 0 Å². The van der Waals surface area contributed by atoms with Gasteiger partial charge in [-0.05, 0) is 19.4 Å². The van der Waals surface area contributed by atoms with Crippen LogP contribution in [0, 0.1) is 5.92 Å². The number of piperidine rings is 1. The third-order valence-electron chi connectivity index (χ3n) is 2.57. The highest BCUT2D eigenvalue weighted by Crippen LogP contribution is 2.24. The molecule has 2 fully saturated rings. The minimum Gasteiger partial charge on any atom is -0.399 e. The van der Waals surface area contributed by atoms with Crippen molar-refractivity contribution in [1.82, 2.24) is 4.90 Å². The standard InChI is InChI=1S/C8H14N2O/c1-11-9-8-6-10-4-2-3-7(8)5-10/h7H,2-6H2,1H3. The van der Waals surface area contributed by atoms with E-state index in [0.717, 1.165) is 6.54 Å². The van der Waals surface area contributed by atoms with Crippen molar-refractivity contribution in [1.29, 1.82) is 0 Å². The van der Waals surface area contributed by atoms with Gasteiger partial charge in [0.15, 0.2) is 0 Å². The second-order valence-electron chi connectivity index (χ2n) is 3.34. The number of nitrogens with zero attached hydrogens (tertiary/aromatic N) is 2. The molecule has 3 nitrogen and oxygen atoms in total. The molecule has 0 aromatic rings. The average Bonchev–Trinajstić information content (AvgIpc) is 2.29. The summed E-state index contributed by atoms with van der Waals surface area (Å²) in [5, 5.41) is 4.04. The highest BCUT2D eigenvalue weighted by Gasteiger charge is 2.32. The van der Waals surface area contributed by atoms with Crippen LogP contribution in [0.3, 0.4) is 0 Å². The molecule has 11 heavy (non-hydrogen) atoms. The van der Waals surface area contributed by atoms with E-state index in [-0.39, 0.29) is 0 Å². The minimum atomic E-state index is 0.698. The van der Waals surface area contributed by atoms with E-state index < -0.39 is 0 Å². The van der Waals surface area contributed by atoms with Crippen LogP contribution in [0.15, 0.2) is 5.16 Å². The van der Waals surface area contributed by atoms with Gasteiger partial charge in [-0.1, -0.05) is 5.16 Å².